The summed E-state index contributed by atoms with van der Waals surface area (Å²) in [6, 6.07) is 0. The van der Waals surface area contributed by atoms with E-state index in [9.17, 15) is 13.2 Å². The lowest BCUT2D eigenvalue weighted by atomic mass is 9.78. The van der Waals surface area contributed by atoms with Gasteiger partial charge in [-0.1, -0.05) is 0 Å². The normalized spacial score (nSPS) is 18.1. The summed E-state index contributed by atoms with van der Waals surface area (Å²) < 4.78 is 24.1. The third kappa shape index (κ3) is 4.65. The van der Waals surface area contributed by atoms with E-state index in [1.807, 2.05) is 0 Å². The zero-order valence-electron chi connectivity index (χ0n) is 9.15. The summed E-state index contributed by atoms with van der Waals surface area (Å²) in [7, 11) is -2.20. The monoisotopic (exact) mass is 271 g/mol. The number of halogens is 1. The molecule has 4 N–H and O–H groups in total. The summed E-state index contributed by atoms with van der Waals surface area (Å²) >= 11 is 0. The zero-order chi connectivity index (χ0) is 11.5. The molecule has 0 bridgehead atoms. The summed E-state index contributed by atoms with van der Waals surface area (Å²) in [5, 5.41) is 2.53. The topological polar surface area (TPSA) is 101 Å². The first-order valence-electron chi connectivity index (χ1n) is 4.84. The van der Waals surface area contributed by atoms with E-state index in [2.05, 4.69) is 10.0 Å². The lowest BCUT2D eigenvalue weighted by Crippen LogP contribution is -2.55. The third-order valence-electron chi connectivity index (χ3n) is 2.62. The minimum Gasteiger partial charge on any atom is -0.353 e. The second-order valence-electron chi connectivity index (χ2n) is 3.96. The molecule has 0 spiro atoms. The molecule has 1 fully saturated rings. The molecule has 0 heterocycles. The van der Waals surface area contributed by atoms with Crippen LogP contribution in [-0.2, 0) is 14.8 Å². The van der Waals surface area contributed by atoms with Gasteiger partial charge in [0, 0.05) is 12.1 Å². The van der Waals surface area contributed by atoms with Crippen molar-refractivity contribution in [3.63, 3.8) is 0 Å². The molecule has 0 unspecified atom stereocenters. The highest BCUT2D eigenvalue weighted by Crippen LogP contribution is 2.27. The number of sulfonamides is 1. The maximum absolute atomic E-state index is 11.2. The highest BCUT2D eigenvalue weighted by molar-refractivity contribution is 7.90. The molecule has 1 aliphatic carbocycles. The van der Waals surface area contributed by atoms with E-state index in [-0.39, 0.29) is 17.9 Å². The van der Waals surface area contributed by atoms with Gasteiger partial charge in [-0.3, -0.25) is 4.79 Å². The van der Waals surface area contributed by atoms with Crippen molar-refractivity contribution in [3.8, 4) is 0 Å². The van der Waals surface area contributed by atoms with E-state index < -0.39 is 21.7 Å². The maximum Gasteiger partial charge on any atom is 0.236 e. The summed E-state index contributed by atoms with van der Waals surface area (Å²) in [5.74, 6) is -1.05. The zero-order valence-corrected chi connectivity index (χ0v) is 10.8. The Morgan fingerprint density at radius 2 is 2.00 bits per heavy atom. The summed E-state index contributed by atoms with van der Waals surface area (Å²) in [6.45, 7) is 0.352. The largest absolute Gasteiger partial charge is 0.353 e. The van der Waals surface area contributed by atoms with Gasteiger partial charge < -0.3 is 11.1 Å². The lowest BCUT2D eigenvalue weighted by Gasteiger charge is -2.38. The van der Waals surface area contributed by atoms with Crippen LogP contribution in [0.15, 0.2) is 0 Å². The van der Waals surface area contributed by atoms with Crippen LogP contribution >= 0.6 is 12.4 Å². The molecule has 0 aromatic carbocycles. The molecule has 1 amide bonds. The number of nitrogens with one attached hydrogen (secondary N) is 2. The average Bonchev–Trinajstić information content (AvgIpc) is 2.11. The van der Waals surface area contributed by atoms with Crippen LogP contribution in [-0.4, -0.2) is 39.2 Å². The van der Waals surface area contributed by atoms with Gasteiger partial charge in [0.25, 0.3) is 0 Å². The van der Waals surface area contributed by atoms with Gasteiger partial charge in [0.2, 0.25) is 15.9 Å². The van der Waals surface area contributed by atoms with E-state index >= 15 is 0 Å². The van der Waals surface area contributed by atoms with E-state index in [1.165, 1.54) is 7.05 Å². The van der Waals surface area contributed by atoms with E-state index in [0.29, 0.717) is 6.54 Å². The Kier molecular flexibility index (Phi) is 5.67. The molecule has 16 heavy (non-hydrogen) atoms. The van der Waals surface area contributed by atoms with Crippen molar-refractivity contribution in [3.05, 3.63) is 0 Å². The molecular formula is C8H18ClN3O3S. The van der Waals surface area contributed by atoms with Crippen LogP contribution in [0, 0.1) is 0 Å². The SMILES string of the molecule is CNS(=O)(=O)CC(=O)NCC1(N)CCC1.Cl. The molecule has 0 aromatic rings. The molecule has 0 aromatic heterocycles. The van der Waals surface area contributed by atoms with Gasteiger partial charge in [-0.25, -0.2) is 13.1 Å². The van der Waals surface area contributed by atoms with E-state index in [0.717, 1.165) is 19.3 Å². The first-order chi connectivity index (χ1) is 6.87. The van der Waals surface area contributed by atoms with Crippen LogP contribution in [0.4, 0.5) is 0 Å². The number of amides is 1. The minimum atomic E-state index is -3.48. The van der Waals surface area contributed by atoms with Crippen molar-refractivity contribution < 1.29 is 13.2 Å². The van der Waals surface area contributed by atoms with Crippen molar-refractivity contribution in [2.24, 2.45) is 5.73 Å². The molecular weight excluding hydrogens is 254 g/mol. The van der Waals surface area contributed by atoms with Crippen molar-refractivity contribution >= 4 is 28.3 Å². The number of hydrogen-bond acceptors (Lipinski definition) is 4. The van der Waals surface area contributed by atoms with Gasteiger partial charge >= 0.3 is 0 Å². The third-order valence-corrected chi connectivity index (χ3v) is 3.88. The smallest absolute Gasteiger partial charge is 0.236 e. The molecule has 1 saturated carbocycles. The molecule has 6 nitrogen and oxygen atoms in total. The van der Waals surface area contributed by atoms with Crippen molar-refractivity contribution in [2.75, 3.05) is 19.3 Å². The fourth-order valence-corrected chi connectivity index (χ4v) is 1.97. The van der Waals surface area contributed by atoms with Crippen molar-refractivity contribution in [2.45, 2.75) is 24.8 Å². The van der Waals surface area contributed by atoms with E-state index in [1.54, 1.807) is 0 Å². The standard InChI is InChI=1S/C8H17N3O3S.ClH/c1-10-15(13,14)5-7(12)11-6-8(9)3-2-4-8;/h10H,2-6,9H2,1H3,(H,11,12);1H. The first-order valence-corrected chi connectivity index (χ1v) is 6.49. The molecule has 0 atom stereocenters. The van der Waals surface area contributed by atoms with Crippen LogP contribution in [0.25, 0.3) is 0 Å². The predicted molar refractivity (Wildman–Crippen MR) is 63.9 cm³/mol. The molecule has 0 aliphatic heterocycles. The molecule has 0 saturated heterocycles. The number of rotatable bonds is 5. The molecule has 96 valence electrons. The van der Waals surface area contributed by atoms with Crippen LogP contribution in [0.3, 0.4) is 0 Å². The van der Waals surface area contributed by atoms with Crippen LogP contribution in [0.1, 0.15) is 19.3 Å². The van der Waals surface area contributed by atoms with Gasteiger partial charge in [-0.05, 0) is 26.3 Å². The van der Waals surface area contributed by atoms with Gasteiger partial charge in [0.05, 0.1) is 0 Å². The maximum atomic E-state index is 11.2. The predicted octanol–water partition coefficient (Wildman–Crippen LogP) is -1.04. The Morgan fingerprint density at radius 3 is 2.38 bits per heavy atom. The minimum absolute atomic E-state index is 0. The Bertz CT molecular complexity index is 340. The second kappa shape index (κ2) is 5.81. The number of nitrogens with two attached hydrogens (primary N) is 1. The van der Waals surface area contributed by atoms with Crippen LogP contribution in [0.2, 0.25) is 0 Å². The quantitative estimate of drug-likeness (QED) is 0.594. The highest BCUT2D eigenvalue weighted by Gasteiger charge is 2.32. The van der Waals surface area contributed by atoms with Gasteiger partial charge in [-0.2, -0.15) is 0 Å². The van der Waals surface area contributed by atoms with Crippen LogP contribution in [0.5, 0.6) is 0 Å². The highest BCUT2D eigenvalue weighted by atomic mass is 35.5. The average molecular weight is 272 g/mol. The first kappa shape index (κ1) is 15.6. The van der Waals surface area contributed by atoms with Gasteiger partial charge in [0.15, 0.2) is 0 Å². The van der Waals surface area contributed by atoms with Crippen molar-refractivity contribution in [1.82, 2.24) is 10.0 Å². The summed E-state index contributed by atoms with van der Waals surface area (Å²) in [5.41, 5.74) is 5.55. The molecule has 1 aliphatic rings. The Balaban J connectivity index is 0.00000225. The lowest BCUT2D eigenvalue weighted by molar-refractivity contribution is -0.119. The van der Waals surface area contributed by atoms with Gasteiger partial charge in [0.1, 0.15) is 5.75 Å². The summed E-state index contributed by atoms with van der Waals surface area (Å²) in [4.78, 5) is 11.2. The Labute approximate surface area is 102 Å². The molecule has 8 heteroatoms. The number of carbonyl (C=O) groups excluding carboxylic acids is 1. The Hall–Kier alpha value is -0.370. The number of hydrogen-bond donors (Lipinski definition) is 3. The molecule has 1 rings (SSSR count). The fourth-order valence-electron chi connectivity index (χ4n) is 1.38. The Morgan fingerprint density at radius 1 is 1.44 bits per heavy atom. The van der Waals surface area contributed by atoms with Gasteiger partial charge in [-0.15, -0.1) is 12.4 Å². The van der Waals surface area contributed by atoms with Crippen LogP contribution < -0.4 is 15.8 Å². The fraction of sp³-hybridized carbons (Fsp3) is 0.875. The van der Waals surface area contributed by atoms with Crippen molar-refractivity contribution in [1.29, 1.82) is 0 Å². The van der Waals surface area contributed by atoms with E-state index in [4.69, 9.17) is 5.73 Å². The number of carbonyl (C=O) groups is 1. The summed E-state index contributed by atoms with van der Waals surface area (Å²) in [6.07, 6.45) is 2.83. The second-order valence-corrected chi connectivity index (χ2v) is 5.88. The molecule has 0 radical (unpaired) electrons.